The van der Waals surface area contributed by atoms with Gasteiger partial charge in [0.1, 0.15) is 17.2 Å². The van der Waals surface area contributed by atoms with Crippen molar-refractivity contribution in [3.8, 4) is 28.5 Å². The summed E-state index contributed by atoms with van der Waals surface area (Å²) < 4.78 is 12.4. The number of aromatic nitrogens is 1. The summed E-state index contributed by atoms with van der Waals surface area (Å²) in [5.41, 5.74) is 3.43. The first-order chi connectivity index (χ1) is 14.5. The molecule has 0 fully saturated rings. The van der Waals surface area contributed by atoms with Crippen molar-refractivity contribution in [3.05, 3.63) is 70.4 Å². The second kappa shape index (κ2) is 9.93. The van der Waals surface area contributed by atoms with E-state index < -0.39 is 0 Å². The van der Waals surface area contributed by atoms with E-state index in [1.54, 1.807) is 36.2 Å². The van der Waals surface area contributed by atoms with Gasteiger partial charge in [0.25, 0.3) is 0 Å². The monoisotopic (exact) mass is 423 g/mol. The molecule has 0 radical (unpaired) electrons. The van der Waals surface area contributed by atoms with Crippen LogP contribution in [-0.2, 0) is 0 Å². The lowest BCUT2D eigenvalue weighted by molar-refractivity contribution is 0.337. The van der Waals surface area contributed by atoms with Gasteiger partial charge in [-0.2, -0.15) is 5.10 Å². The normalized spacial score (nSPS) is 11.8. The number of aromatic hydroxyl groups is 1. The second-order valence-electron chi connectivity index (χ2n) is 6.62. The Bertz CT molecular complexity index is 1110. The highest BCUT2D eigenvalue weighted by molar-refractivity contribution is 7.07. The Kier molecular flexibility index (Phi) is 7.08. The first-order valence-corrected chi connectivity index (χ1v) is 10.4. The van der Waals surface area contributed by atoms with Gasteiger partial charge >= 0.3 is 0 Å². The van der Waals surface area contributed by atoms with Crippen molar-refractivity contribution >= 4 is 17.6 Å². The second-order valence-corrected chi connectivity index (χ2v) is 7.45. The third kappa shape index (κ3) is 5.18. The number of benzene rings is 2. The van der Waals surface area contributed by atoms with Crippen molar-refractivity contribution in [1.29, 1.82) is 0 Å². The van der Waals surface area contributed by atoms with E-state index in [0.717, 1.165) is 27.4 Å². The summed E-state index contributed by atoms with van der Waals surface area (Å²) in [5, 5.41) is 16.9. The minimum atomic E-state index is 0.104. The lowest BCUT2D eigenvalue weighted by atomic mass is 10.2. The van der Waals surface area contributed by atoms with Crippen LogP contribution in [0.3, 0.4) is 0 Å². The van der Waals surface area contributed by atoms with Crippen molar-refractivity contribution in [1.82, 2.24) is 4.68 Å². The minimum absolute atomic E-state index is 0.104. The molecule has 0 aliphatic heterocycles. The fourth-order valence-electron chi connectivity index (χ4n) is 2.69. The minimum Gasteiger partial charge on any atom is -0.507 e. The van der Waals surface area contributed by atoms with Gasteiger partial charge in [-0.3, -0.25) is 4.99 Å². The van der Waals surface area contributed by atoms with Gasteiger partial charge in [0.05, 0.1) is 32.2 Å². The van der Waals surface area contributed by atoms with Gasteiger partial charge in [0, 0.05) is 22.6 Å². The maximum absolute atomic E-state index is 10.3. The van der Waals surface area contributed by atoms with E-state index >= 15 is 0 Å². The van der Waals surface area contributed by atoms with Crippen LogP contribution in [0.1, 0.15) is 19.4 Å². The maximum Gasteiger partial charge on any atom is 0.206 e. The van der Waals surface area contributed by atoms with Crippen molar-refractivity contribution in [3.63, 3.8) is 0 Å². The van der Waals surface area contributed by atoms with Gasteiger partial charge in [0.15, 0.2) is 0 Å². The molecule has 0 bridgehead atoms. The molecule has 0 amide bonds. The number of nitrogens with zero attached hydrogens (tertiary/aromatic N) is 3. The third-order valence-electron chi connectivity index (χ3n) is 4.18. The molecule has 6 nitrogen and oxygen atoms in total. The standard InChI is InChI=1S/C23H25N3O3S/c1-5-29-20-11-8-18(22(27)12-20)14-25-26-21(15-30-23(26)24-13-16(2)3)17-6-9-19(28-4)10-7-17/h6-12,14-15,27H,2,5,13H2,1,3-4H3. The molecule has 0 atom stereocenters. The Hall–Kier alpha value is -3.32. The van der Waals surface area contributed by atoms with Crippen LogP contribution in [0.4, 0.5) is 0 Å². The number of ether oxygens (including phenoxy) is 2. The SMILES string of the molecule is C=C(C)CN=c1scc(-c2ccc(OC)cc2)n1N=Cc1ccc(OCC)cc1O. The molecule has 7 heteroatoms. The molecule has 30 heavy (non-hydrogen) atoms. The maximum atomic E-state index is 10.3. The van der Waals surface area contributed by atoms with Crippen LogP contribution in [0.2, 0.25) is 0 Å². The van der Waals surface area contributed by atoms with E-state index in [4.69, 9.17) is 9.47 Å². The van der Waals surface area contributed by atoms with Gasteiger partial charge in [-0.05, 0) is 50.2 Å². The van der Waals surface area contributed by atoms with Crippen molar-refractivity contribution < 1.29 is 14.6 Å². The molecule has 3 aromatic rings. The molecule has 2 aromatic carbocycles. The summed E-state index contributed by atoms with van der Waals surface area (Å²) in [6, 6.07) is 12.9. The fraction of sp³-hybridized carbons (Fsp3) is 0.217. The number of methoxy groups -OCH3 is 1. The van der Waals surface area contributed by atoms with Crippen molar-refractivity contribution in [2.75, 3.05) is 20.3 Å². The number of hydrogen-bond donors (Lipinski definition) is 1. The molecular weight excluding hydrogens is 398 g/mol. The van der Waals surface area contributed by atoms with Crippen LogP contribution in [0, 0.1) is 0 Å². The lowest BCUT2D eigenvalue weighted by Gasteiger charge is -2.07. The molecule has 1 N–H and O–H groups in total. The number of phenolic OH excluding ortho intramolecular Hbond substituents is 1. The smallest absolute Gasteiger partial charge is 0.206 e. The number of hydrogen-bond acceptors (Lipinski definition) is 6. The van der Waals surface area contributed by atoms with Gasteiger partial charge < -0.3 is 14.6 Å². The number of rotatable bonds is 8. The zero-order chi connectivity index (χ0) is 21.5. The highest BCUT2D eigenvalue weighted by Gasteiger charge is 2.09. The van der Waals surface area contributed by atoms with Crippen LogP contribution in [0.15, 0.2) is 70.1 Å². The molecule has 3 rings (SSSR count). The molecule has 0 aliphatic rings. The van der Waals surface area contributed by atoms with Crippen LogP contribution >= 0.6 is 11.3 Å². The molecular formula is C23H25N3O3S. The van der Waals surface area contributed by atoms with Crippen molar-refractivity contribution in [2.24, 2.45) is 10.1 Å². The fourth-order valence-corrected chi connectivity index (χ4v) is 3.53. The van der Waals surface area contributed by atoms with Gasteiger partial charge in [-0.1, -0.05) is 12.2 Å². The van der Waals surface area contributed by atoms with Crippen LogP contribution < -0.4 is 14.3 Å². The van der Waals surface area contributed by atoms with Crippen LogP contribution in [-0.4, -0.2) is 36.3 Å². The van der Waals surface area contributed by atoms with Crippen LogP contribution in [0.5, 0.6) is 17.2 Å². The molecule has 0 unspecified atom stereocenters. The van der Waals surface area contributed by atoms with E-state index in [9.17, 15) is 5.11 Å². The van der Waals surface area contributed by atoms with Gasteiger partial charge in [0.2, 0.25) is 4.80 Å². The Morgan fingerprint density at radius 3 is 2.57 bits per heavy atom. The summed E-state index contributed by atoms with van der Waals surface area (Å²) in [6.45, 7) is 8.81. The Balaban J connectivity index is 2.02. The average Bonchev–Trinajstić information content (AvgIpc) is 3.14. The highest BCUT2D eigenvalue weighted by atomic mass is 32.1. The molecule has 0 saturated heterocycles. The van der Waals surface area contributed by atoms with E-state index in [1.165, 1.54) is 11.3 Å². The summed E-state index contributed by atoms with van der Waals surface area (Å²) in [7, 11) is 1.64. The topological polar surface area (TPSA) is 68.3 Å². The van der Waals surface area contributed by atoms with Gasteiger partial charge in [-0.25, -0.2) is 4.68 Å². The highest BCUT2D eigenvalue weighted by Crippen LogP contribution is 2.24. The predicted octanol–water partition coefficient (Wildman–Crippen LogP) is 4.69. The number of thiazole rings is 1. The molecule has 156 valence electrons. The first kappa shape index (κ1) is 21.4. The van der Waals surface area contributed by atoms with Crippen LogP contribution in [0.25, 0.3) is 11.3 Å². The summed E-state index contributed by atoms with van der Waals surface area (Å²) >= 11 is 1.50. The zero-order valence-corrected chi connectivity index (χ0v) is 18.1. The molecule has 0 aliphatic carbocycles. The third-order valence-corrected chi connectivity index (χ3v) is 5.03. The molecule has 0 saturated carbocycles. The van der Waals surface area contributed by atoms with E-state index in [1.807, 2.05) is 43.5 Å². The Labute approximate surface area is 180 Å². The molecule has 1 heterocycles. The first-order valence-electron chi connectivity index (χ1n) is 9.51. The molecule has 0 spiro atoms. The van der Waals surface area contributed by atoms with Gasteiger partial charge in [-0.15, -0.1) is 11.3 Å². The lowest BCUT2D eigenvalue weighted by Crippen LogP contribution is -2.13. The largest absolute Gasteiger partial charge is 0.507 e. The average molecular weight is 424 g/mol. The Morgan fingerprint density at radius 2 is 1.93 bits per heavy atom. The zero-order valence-electron chi connectivity index (χ0n) is 17.3. The quantitative estimate of drug-likeness (QED) is 0.422. The van der Waals surface area contributed by atoms with E-state index in [0.29, 0.717) is 24.5 Å². The summed E-state index contributed by atoms with van der Waals surface area (Å²) in [6.07, 6.45) is 1.62. The van der Waals surface area contributed by atoms with Crippen molar-refractivity contribution in [2.45, 2.75) is 13.8 Å². The summed E-state index contributed by atoms with van der Waals surface area (Å²) in [4.78, 5) is 5.36. The predicted molar refractivity (Wildman–Crippen MR) is 122 cm³/mol. The Morgan fingerprint density at radius 1 is 1.20 bits per heavy atom. The number of phenols is 1. The molecule has 1 aromatic heterocycles. The summed E-state index contributed by atoms with van der Waals surface area (Å²) in [5.74, 6) is 1.51. The van der Waals surface area contributed by atoms with E-state index in [2.05, 4.69) is 16.7 Å². The van der Waals surface area contributed by atoms with E-state index in [-0.39, 0.29) is 5.75 Å².